The van der Waals surface area contributed by atoms with E-state index in [4.69, 9.17) is 23.2 Å². The second-order valence-electron chi connectivity index (χ2n) is 6.55. The lowest BCUT2D eigenvalue weighted by molar-refractivity contribution is -0.132. The molecule has 0 spiro atoms. The maximum Gasteiger partial charge on any atom is 0.326 e. The van der Waals surface area contributed by atoms with Crippen LogP contribution in [0.5, 0.6) is 0 Å². The van der Waals surface area contributed by atoms with Crippen LogP contribution >= 0.6 is 23.2 Å². The van der Waals surface area contributed by atoms with Gasteiger partial charge in [-0.3, -0.25) is 9.69 Å². The molecule has 3 rings (SSSR count). The number of nitrogens with zero attached hydrogens (tertiary/aromatic N) is 2. The van der Waals surface area contributed by atoms with Crippen LogP contribution in [0.3, 0.4) is 0 Å². The average Bonchev–Trinajstić information content (AvgIpc) is 2.79. The van der Waals surface area contributed by atoms with Crippen molar-refractivity contribution in [3.05, 3.63) is 69.7 Å². The minimum Gasteiger partial charge on any atom is -0.319 e. The van der Waals surface area contributed by atoms with Gasteiger partial charge in [0.2, 0.25) is 0 Å². The molecule has 1 aliphatic rings. The molecule has 0 unspecified atom stereocenters. The molecule has 2 aromatic carbocycles. The van der Waals surface area contributed by atoms with Crippen LogP contribution in [0, 0.1) is 0 Å². The van der Waals surface area contributed by atoms with E-state index in [1.807, 2.05) is 42.3 Å². The summed E-state index contributed by atoms with van der Waals surface area (Å²) in [5.74, 6) is -0.341. The van der Waals surface area contributed by atoms with Crippen LogP contribution in [0.15, 0.2) is 48.5 Å². The van der Waals surface area contributed by atoms with Crippen molar-refractivity contribution in [1.29, 1.82) is 0 Å². The first-order valence-electron chi connectivity index (χ1n) is 8.13. The molecule has 136 valence electrons. The van der Waals surface area contributed by atoms with Crippen molar-refractivity contribution in [3.8, 4) is 0 Å². The molecule has 3 amide bonds. The van der Waals surface area contributed by atoms with Gasteiger partial charge in [0.1, 0.15) is 5.54 Å². The van der Waals surface area contributed by atoms with Crippen molar-refractivity contribution in [2.24, 2.45) is 0 Å². The maximum atomic E-state index is 13.0. The van der Waals surface area contributed by atoms with Gasteiger partial charge in [-0.05, 0) is 31.7 Å². The Morgan fingerprint density at radius 3 is 2.46 bits per heavy atom. The Bertz CT molecular complexity index is 844. The van der Waals surface area contributed by atoms with E-state index >= 15 is 0 Å². The first-order chi connectivity index (χ1) is 12.3. The molecule has 2 aromatic rings. The SMILES string of the molecule is CN(Cc1ccccc1)CN1C(=O)N[C@@](C)(c2ccc(Cl)cc2Cl)C1=O. The van der Waals surface area contributed by atoms with E-state index in [1.54, 1.807) is 25.1 Å². The summed E-state index contributed by atoms with van der Waals surface area (Å²) in [7, 11) is 1.86. The van der Waals surface area contributed by atoms with E-state index in [0.717, 1.165) is 5.56 Å². The lowest BCUT2D eigenvalue weighted by atomic mass is 9.92. The van der Waals surface area contributed by atoms with Crippen LogP contribution in [0.1, 0.15) is 18.1 Å². The fourth-order valence-corrected chi connectivity index (χ4v) is 3.69. The number of amides is 3. The first kappa shape index (κ1) is 18.7. The third kappa shape index (κ3) is 3.56. The highest BCUT2D eigenvalue weighted by molar-refractivity contribution is 6.35. The number of halogens is 2. The van der Waals surface area contributed by atoms with Crippen molar-refractivity contribution in [3.63, 3.8) is 0 Å². The standard InChI is InChI=1S/C19H19Cl2N3O2/c1-19(15-9-8-14(20)10-16(15)21)17(25)24(18(26)22-19)12-23(2)11-13-6-4-3-5-7-13/h3-10H,11-12H2,1-2H3,(H,22,26)/t19-/m0/s1. The lowest BCUT2D eigenvalue weighted by Crippen LogP contribution is -2.43. The Kier molecular flexibility index (Phi) is 5.23. The maximum absolute atomic E-state index is 13.0. The summed E-state index contributed by atoms with van der Waals surface area (Å²) >= 11 is 12.2. The number of rotatable bonds is 5. The monoisotopic (exact) mass is 391 g/mol. The third-order valence-electron chi connectivity index (χ3n) is 4.42. The molecule has 1 N–H and O–H groups in total. The third-order valence-corrected chi connectivity index (χ3v) is 4.97. The van der Waals surface area contributed by atoms with Crippen LogP contribution in [-0.2, 0) is 16.9 Å². The number of urea groups is 1. The number of benzene rings is 2. The van der Waals surface area contributed by atoms with Crippen LogP contribution in [0.4, 0.5) is 4.79 Å². The topological polar surface area (TPSA) is 52.6 Å². The van der Waals surface area contributed by atoms with Crippen molar-refractivity contribution in [2.45, 2.75) is 19.0 Å². The van der Waals surface area contributed by atoms with Gasteiger partial charge in [-0.15, -0.1) is 0 Å². The molecule has 0 radical (unpaired) electrons. The van der Waals surface area contributed by atoms with Gasteiger partial charge in [-0.25, -0.2) is 9.69 Å². The normalized spacial score (nSPS) is 20.0. The lowest BCUT2D eigenvalue weighted by Gasteiger charge is -2.25. The molecule has 1 aliphatic heterocycles. The summed E-state index contributed by atoms with van der Waals surface area (Å²) in [5, 5.41) is 3.57. The highest BCUT2D eigenvalue weighted by Gasteiger charge is 2.50. The van der Waals surface area contributed by atoms with Crippen molar-refractivity contribution >= 4 is 35.1 Å². The summed E-state index contributed by atoms with van der Waals surface area (Å²) in [6.07, 6.45) is 0. The average molecular weight is 392 g/mol. The van der Waals surface area contributed by atoms with Gasteiger partial charge in [-0.2, -0.15) is 0 Å². The van der Waals surface area contributed by atoms with Gasteiger partial charge in [-0.1, -0.05) is 59.6 Å². The smallest absolute Gasteiger partial charge is 0.319 e. The van der Waals surface area contributed by atoms with E-state index in [0.29, 0.717) is 22.2 Å². The van der Waals surface area contributed by atoms with Crippen LogP contribution in [-0.4, -0.2) is 35.5 Å². The van der Waals surface area contributed by atoms with Crippen LogP contribution < -0.4 is 5.32 Å². The largest absolute Gasteiger partial charge is 0.326 e. The molecule has 1 fully saturated rings. The predicted molar refractivity (Wildman–Crippen MR) is 102 cm³/mol. The molecule has 0 saturated carbocycles. The Morgan fingerprint density at radius 1 is 1.12 bits per heavy atom. The van der Waals surface area contributed by atoms with Gasteiger partial charge in [0.25, 0.3) is 5.91 Å². The van der Waals surface area contributed by atoms with E-state index in [9.17, 15) is 9.59 Å². The minimum absolute atomic E-state index is 0.181. The summed E-state index contributed by atoms with van der Waals surface area (Å²) in [5.41, 5.74) is 0.410. The molecular formula is C19H19Cl2N3O2. The molecule has 26 heavy (non-hydrogen) atoms. The number of carbonyl (C=O) groups excluding carboxylic acids is 2. The number of hydrogen-bond donors (Lipinski definition) is 1. The van der Waals surface area contributed by atoms with Gasteiger partial charge in [0.05, 0.1) is 6.67 Å². The first-order valence-corrected chi connectivity index (χ1v) is 8.89. The van der Waals surface area contributed by atoms with Crippen molar-refractivity contribution in [1.82, 2.24) is 15.1 Å². The van der Waals surface area contributed by atoms with E-state index in [-0.39, 0.29) is 12.6 Å². The molecule has 1 atom stereocenters. The minimum atomic E-state index is -1.22. The molecule has 0 aliphatic carbocycles. The highest BCUT2D eigenvalue weighted by Crippen LogP contribution is 2.35. The second kappa shape index (κ2) is 7.27. The van der Waals surface area contributed by atoms with E-state index < -0.39 is 11.6 Å². The molecule has 0 bridgehead atoms. The second-order valence-corrected chi connectivity index (χ2v) is 7.40. The summed E-state index contributed by atoms with van der Waals surface area (Å²) in [6, 6.07) is 14.3. The summed E-state index contributed by atoms with van der Waals surface area (Å²) in [4.78, 5) is 28.5. The Hall–Kier alpha value is -2.08. The number of hydrogen-bond acceptors (Lipinski definition) is 3. The number of carbonyl (C=O) groups is 2. The molecular weight excluding hydrogens is 373 g/mol. The quantitative estimate of drug-likeness (QED) is 0.787. The predicted octanol–water partition coefficient (Wildman–Crippen LogP) is 3.85. The fraction of sp³-hybridized carbons (Fsp3) is 0.263. The van der Waals surface area contributed by atoms with Gasteiger partial charge < -0.3 is 5.32 Å². The molecule has 1 heterocycles. The van der Waals surface area contributed by atoms with Gasteiger partial charge in [0, 0.05) is 22.2 Å². The molecule has 0 aromatic heterocycles. The fourth-order valence-electron chi connectivity index (χ4n) is 3.09. The van der Waals surface area contributed by atoms with Crippen molar-refractivity contribution < 1.29 is 9.59 Å². The molecule has 7 heteroatoms. The van der Waals surface area contributed by atoms with Crippen LogP contribution in [0.25, 0.3) is 0 Å². The molecule has 1 saturated heterocycles. The zero-order valence-electron chi connectivity index (χ0n) is 14.5. The van der Waals surface area contributed by atoms with E-state index in [2.05, 4.69) is 5.32 Å². The zero-order valence-corrected chi connectivity index (χ0v) is 16.0. The van der Waals surface area contributed by atoms with Gasteiger partial charge in [0.15, 0.2) is 0 Å². The Labute approximate surface area is 162 Å². The summed E-state index contributed by atoms with van der Waals surface area (Å²) < 4.78 is 0. The highest BCUT2D eigenvalue weighted by atomic mass is 35.5. The zero-order chi connectivity index (χ0) is 18.9. The summed E-state index contributed by atoms with van der Waals surface area (Å²) in [6.45, 7) is 2.45. The van der Waals surface area contributed by atoms with E-state index in [1.165, 1.54) is 4.90 Å². The number of imide groups is 1. The van der Waals surface area contributed by atoms with Crippen molar-refractivity contribution in [2.75, 3.05) is 13.7 Å². The Morgan fingerprint density at radius 2 is 1.81 bits per heavy atom. The van der Waals surface area contributed by atoms with Crippen LogP contribution in [0.2, 0.25) is 10.0 Å². The Balaban J connectivity index is 1.78. The number of nitrogens with one attached hydrogen (secondary N) is 1. The molecule has 5 nitrogen and oxygen atoms in total. The van der Waals surface area contributed by atoms with Gasteiger partial charge >= 0.3 is 6.03 Å².